The molecule has 0 bridgehead atoms. The number of morpholine rings is 1. The SMILES string of the molecule is Cc1cccc(F)c1-n1nc2c(-c3cnc(C4CNCCO4)nc3)n[nH]c2cc1=O. The molecule has 9 nitrogen and oxygen atoms in total. The first-order chi connectivity index (χ1) is 14.6. The highest BCUT2D eigenvalue weighted by Gasteiger charge is 2.20. The zero-order valence-corrected chi connectivity index (χ0v) is 16.1. The fourth-order valence-electron chi connectivity index (χ4n) is 3.50. The normalized spacial score (nSPS) is 16.8. The van der Waals surface area contributed by atoms with Gasteiger partial charge in [0.1, 0.15) is 28.8 Å². The topological polar surface area (TPSA) is 111 Å². The Hall–Kier alpha value is -3.50. The molecule has 3 aromatic heterocycles. The van der Waals surface area contributed by atoms with Crippen LogP contribution in [0, 0.1) is 12.7 Å². The second-order valence-electron chi connectivity index (χ2n) is 7.03. The van der Waals surface area contributed by atoms with Crippen molar-refractivity contribution in [3.8, 4) is 16.9 Å². The molecule has 1 atom stereocenters. The Bertz CT molecular complexity index is 1260. The number of hydrogen-bond donors (Lipinski definition) is 2. The van der Waals surface area contributed by atoms with Gasteiger partial charge in [-0.25, -0.2) is 14.4 Å². The zero-order valence-electron chi connectivity index (χ0n) is 16.1. The number of halogens is 1. The Balaban J connectivity index is 1.58. The van der Waals surface area contributed by atoms with E-state index in [0.717, 1.165) is 11.2 Å². The molecule has 152 valence electrons. The van der Waals surface area contributed by atoms with Gasteiger partial charge in [-0.05, 0) is 18.6 Å². The number of aromatic amines is 1. The quantitative estimate of drug-likeness (QED) is 0.532. The van der Waals surface area contributed by atoms with E-state index in [-0.39, 0.29) is 11.8 Å². The Labute approximate surface area is 169 Å². The monoisotopic (exact) mass is 407 g/mol. The number of benzene rings is 1. The van der Waals surface area contributed by atoms with Crippen LogP contribution >= 0.6 is 0 Å². The van der Waals surface area contributed by atoms with Crippen LogP contribution in [0.25, 0.3) is 28.0 Å². The van der Waals surface area contributed by atoms with Crippen molar-refractivity contribution >= 4 is 11.0 Å². The van der Waals surface area contributed by atoms with E-state index in [1.165, 1.54) is 12.1 Å². The lowest BCUT2D eigenvalue weighted by Crippen LogP contribution is -2.34. The summed E-state index contributed by atoms with van der Waals surface area (Å²) >= 11 is 0. The molecule has 0 aliphatic carbocycles. The molecule has 2 N–H and O–H groups in total. The smallest absolute Gasteiger partial charge is 0.273 e. The van der Waals surface area contributed by atoms with Gasteiger partial charge in [0, 0.05) is 37.1 Å². The lowest BCUT2D eigenvalue weighted by molar-refractivity contribution is 0.0221. The van der Waals surface area contributed by atoms with Crippen LogP contribution in [0.3, 0.4) is 0 Å². The summed E-state index contributed by atoms with van der Waals surface area (Å²) in [7, 11) is 0. The minimum atomic E-state index is -0.525. The maximum Gasteiger partial charge on any atom is 0.273 e. The molecule has 1 fully saturated rings. The standard InChI is InChI=1S/C20H18FN7O2/c1-11-3-2-4-13(21)19(11)28-16(29)7-14-18(27-28)17(26-25-14)12-8-23-20(24-9-12)15-10-22-5-6-30-15/h2-4,7-9,15,22,25H,5-6,10H2,1H3. The third-order valence-corrected chi connectivity index (χ3v) is 5.01. The average Bonchev–Trinajstić information content (AvgIpc) is 3.17. The number of fused-ring (bicyclic) bond motifs is 1. The Morgan fingerprint density at radius 2 is 2.10 bits per heavy atom. The molecular formula is C20H18FN7O2. The van der Waals surface area contributed by atoms with Crippen LogP contribution in [0.2, 0.25) is 0 Å². The molecule has 0 amide bonds. The summed E-state index contributed by atoms with van der Waals surface area (Å²) in [6, 6.07) is 5.96. The minimum Gasteiger partial charge on any atom is -0.368 e. The number of para-hydroxylation sites is 1. The van der Waals surface area contributed by atoms with Crippen LogP contribution in [-0.2, 0) is 4.74 Å². The third-order valence-electron chi connectivity index (χ3n) is 5.01. The van der Waals surface area contributed by atoms with Gasteiger partial charge in [0.25, 0.3) is 5.56 Å². The van der Waals surface area contributed by atoms with E-state index >= 15 is 0 Å². The molecule has 30 heavy (non-hydrogen) atoms. The first-order valence-electron chi connectivity index (χ1n) is 9.50. The van der Waals surface area contributed by atoms with Crippen LogP contribution in [0.1, 0.15) is 17.5 Å². The van der Waals surface area contributed by atoms with Gasteiger partial charge in [-0.2, -0.15) is 14.9 Å². The molecule has 5 rings (SSSR count). The molecule has 10 heteroatoms. The van der Waals surface area contributed by atoms with Crippen molar-refractivity contribution in [2.24, 2.45) is 0 Å². The first kappa shape index (κ1) is 18.5. The molecule has 0 radical (unpaired) electrons. The Kier molecular flexibility index (Phi) is 4.57. The number of H-pyrrole nitrogens is 1. The molecule has 1 aliphatic rings. The van der Waals surface area contributed by atoms with Gasteiger partial charge in [0.15, 0.2) is 5.82 Å². The molecule has 1 aromatic carbocycles. The zero-order chi connectivity index (χ0) is 20.7. The largest absolute Gasteiger partial charge is 0.368 e. The Morgan fingerprint density at radius 1 is 1.27 bits per heavy atom. The van der Waals surface area contributed by atoms with Crippen molar-refractivity contribution in [3.05, 3.63) is 64.2 Å². The van der Waals surface area contributed by atoms with Crippen molar-refractivity contribution < 1.29 is 9.13 Å². The van der Waals surface area contributed by atoms with Gasteiger partial charge >= 0.3 is 0 Å². The van der Waals surface area contributed by atoms with Crippen LogP contribution < -0.4 is 10.9 Å². The second kappa shape index (κ2) is 7.39. The summed E-state index contributed by atoms with van der Waals surface area (Å²) in [5.41, 5.74) is 2.22. The summed E-state index contributed by atoms with van der Waals surface area (Å²) in [6.45, 7) is 3.79. The number of nitrogens with zero attached hydrogens (tertiary/aromatic N) is 5. The Morgan fingerprint density at radius 3 is 2.83 bits per heavy atom. The fraction of sp³-hybridized carbons (Fsp3) is 0.250. The van der Waals surface area contributed by atoms with Gasteiger partial charge < -0.3 is 10.1 Å². The maximum absolute atomic E-state index is 14.4. The van der Waals surface area contributed by atoms with Gasteiger partial charge in [0.05, 0.1) is 12.1 Å². The van der Waals surface area contributed by atoms with E-state index in [9.17, 15) is 9.18 Å². The summed E-state index contributed by atoms with van der Waals surface area (Å²) in [4.78, 5) is 21.4. The molecule has 1 unspecified atom stereocenters. The number of nitrogens with one attached hydrogen (secondary N) is 2. The summed E-state index contributed by atoms with van der Waals surface area (Å²) < 4.78 is 21.2. The molecule has 1 aliphatic heterocycles. The first-order valence-corrected chi connectivity index (χ1v) is 9.50. The molecule has 0 saturated carbocycles. The highest BCUT2D eigenvalue weighted by Crippen LogP contribution is 2.25. The number of aromatic nitrogens is 6. The number of aryl methyl sites for hydroxylation is 1. The summed E-state index contributed by atoms with van der Waals surface area (Å²) in [5.74, 6) is 0.0559. The van der Waals surface area contributed by atoms with Crippen molar-refractivity contribution in [1.82, 2.24) is 35.3 Å². The average molecular weight is 407 g/mol. The highest BCUT2D eigenvalue weighted by molar-refractivity contribution is 5.88. The molecule has 0 spiro atoms. The van der Waals surface area contributed by atoms with Crippen molar-refractivity contribution in [2.75, 3.05) is 19.7 Å². The molecule has 4 aromatic rings. The second-order valence-corrected chi connectivity index (χ2v) is 7.03. The molecular weight excluding hydrogens is 389 g/mol. The number of hydrogen-bond acceptors (Lipinski definition) is 7. The third kappa shape index (κ3) is 3.15. The summed E-state index contributed by atoms with van der Waals surface area (Å²) in [5, 5.41) is 14.7. The molecule has 4 heterocycles. The minimum absolute atomic E-state index is 0.116. The van der Waals surface area contributed by atoms with Crippen LogP contribution in [-0.4, -0.2) is 49.6 Å². The highest BCUT2D eigenvalue weighted by atomic mass is 19.1. The lowest BCUT2D eigenvalue weighted by Gasteiger charge is -2.22. The van der Waals surface area contributed by atoms with E-state index < -0.39 is 11.4 Å². The fourth-order valence-corrected chi connectivity index (χ4v) is 3.50. The predicted molar refractivity (Wildman–Crippen MR) is 107 cm³/mol. The van der Waals surface area contributed by atoms with Gasteiger partial charge in [-0.15, -0.1) is 0 Å². The van der Waals surface area contributed by atoms with Gasteiger partial charge in [-0.3, -0.25) is 9.89 Å². The predicted octanol–water partition coefficient (Wildman–Crippen LogP) is 1.67. The van der Waals surface area contributed by atoms with Gasteiger partial charge in [0.2, 0.25) is 0 Å². The number of ether oxygens (including phenoxy) is 1. The van der Waals surface area contributed by atoms with Gasteiger partial charge in [-0.1, -0.05) is 12.1 Å². The van der Waals surface area contributed by atoms with E-state index in [0.29, 0.717) is 46.8 Å². The lowest BCUT2D eigenvalue weighted by atomic mass is 10.2. The van der Waals surface area contributed by atoms with Crippen LogP contribution in [0.4, 0.5) is 4.39 Å². The van der Waals surface area contributed by atoms with Crippen molar-refractivity contribution in [1.29, 1.82) is 0 Å². The van der Waals surface area contributed by atoms with Crippen LogP contribution in [0.5, 0.6) is 0 Å². The van der Waals surface area contributed by atoms with E-state index in [1.54, 1.807) is 31.5 Å². The maximum atomic E-state index is 14.4. The van der Waals surface area contributed by atoms with E-state index in [4.69, 9.17) is 4.74 Å². The van der Waals surface area contributed by atoms with Crippen molar-refractivity contribution in [2.45, 2.75) is 13.0 Å². The molecule has 1 saturated heterocycles. The summed E-state index contributed by atoms with van der Waals surface area (Å²) in [6.07, 6.45) is 3.08. The van der Waals surface area contributed by atoms with Crippen LogP contribution in [0.15, 0.2) is 41.5 Å². The van der Waals surface area contributed by atoms with E-state index in [1.807, 2.05) is 0 Å². The number of rotatable bonds is 3. The van der Waals surface area contributed by atoms with Crippen molar-refractivity contribution in [3.63, 3.8) is 0 Å². The van der Waals surface area contributed by atoms with E-state index in [2.05, 4.69) is 30.6 Å².